The molecule has 158 valence electrons. The highest BCUT2D eigenvalue weighted by atomic mass is 32.2. The number of ether oxygens (including phenoxy) is 1. The maximum atomic E-state index is 13.6. The first-order valence-electron chi connectivity index (χ1n) is 9.97. The fourth-order valence-corrected chi connectivity index (χ4v) is 5.69. The minimum absolute atomic E-state index is 0.00623. The van der Waals surface area contributed by atoms with Crippen LogP contribution in [-0.4, -0.2) is 54.1 Å². The average molecular weight is 423 g/mol. The minimum atomic E-state index is -3.68. The Hall–Kier alpha value is -1.97. The maximum absolute atomic E-state index is 13.6. The van der Waals surface area contributed by atoms with E-state index >= 15 is 0 Å². The van der Waals surface area contributed by atoms with Crippen molar-refractivity contribution in [2.24, 2.45) is 13.0 Å². The highest BCUT2D eigenvalue weighted by molar-refractivity contribution is 7.89. The Morgan fingerprint density at radius 3 is 2.76 bits per heavy atom. The highest BCUT2D eigenvalue weighted by Gasteiger charge is 2.44. The molecule has 0 spiro atoms. The SMILES string of the molecule is Cc1cc(NC2CN(S(=O)(=O)c3cn(C)cn3)CC2C2CCCCO2)ccc1F. The number of halogens is 1. The van der Waals surface area contributed by atoms with E-state index in [-0.39, 0.29) is 28.9 Å². The van der Waals surface area contributed by atoms with Crippen molar-refractivity contribution < 1.29 is 17.5 Å². The van der Waals surface area contributed by atoms with Gasteiger partial charge in [-0.2, -0.15) is 4.31 Å². The third kappa shape index (κ3) is 4.17. The summed E-state index contributed by atoms with van der Waals surface area (Å²) >= 11 is 0. The average Bonchev–Trinajstić information content (AvgIpc) is 3.33. The van der Waals surface area contributed by atoms with Gasteiger partial charge in [0, 0.05) is 50.6 Å². The summed E-state index contributed by atoms with van der Waals surface area (Å²) in [7, 11) is -1.94. The summed E-state index contributed by atoms with van der Waals surface area (Å²) in [6.45, 7) is 3.12. The molecule has 3 unspecified atom stereocenters. The molecular weight excluding hydrogens is 395 g/mol. The Morgan fingerprint density at radius 1 is 1.28 bits per heavy atom. The van der Waals surface area contributed by atoms with Crippen LogP contribution in [-0.2, 0) is 21.8 Å². The van der Waals surface area contributed by atoms with E-state index in [2.05, 4.69) is 10.3 Å². The molecule has 2 aliphatic heterocycles. The summed E-state index contributed by atoms with van der Waals surface area (Å²) in [6, 6.07) is 4.75. The largest absolute Gasteiger partial charge is 0.381 e. The Kier molecular flexibility index (Phi) is 5.63. The van der Waals surface area contributed by atoms with Gasteiger partial charge in [0.05, 0.1) is 12.4 Å². The maximum Gasteiger partial charge on any atom is 0.262 e. The molecule has 2 aromatic rings. The van der Waals surface area contributed by atoms with Crippen LogP contribution < -0.4 is 5.32 Å². The number of rotatable bonds is 5. The van der Waals surface area contributed by atoms with Gasteiger partial charge in [0.1, 0.15) is 5.82 Å². The number of aryl methyl sites for hydroxylation is 2. The number of nitrogens with one attached hydrogen (secondary N) is 1. The van der Waals surface area contributed by atoms with Gasteiger partial charge < -0.3 is 14.6 Å². The molecular formula is C20H27FN4O3S. The van der Waals surface area contributed by atoms with E-state index in [1.165, 1.54) is 22.9 Å². The van der Waals surface area contributed by atoms with Crippen LogP contribution in [0.3, 0.4) is 0 Å². The van der Waals surface area contributed by atoms with E-state index in [4.69, 9.17) is 4.74 Å². The number of nitrogens with zero attached hydrogens (tertiary/aromatic N) is 3. The van der Waals surface area contributed by atoms with E-state index in [9.17, 15) is 12.8 Å². The number of hydrogen-bond donors (Lipinski definition) is 1. The van der Waals surface area contributed by atoms with Crippen molar-refractivity contribution >= 4 is 15.7 Å². The molecule has 2 saturated heterocycles. The van der Waals surface area contributed by atoms with Crippen molar-refractivity contribution in [1.82, 2.24) is 13.9 Å². The number of hydrogen-bond acceptors (Lipinski definition) is 5. The normalized spacial score (nSPS) is 26.0. The van der Waals surface area contributed by atoms with E-state index in [0.29, 0.717) is 25.3 Å². The topological polar surface area (TPSA) is 76.5 Å². The second kappa shape index (κ2) is 8.04. The lowest BCUT2D eigenvalue weighted by molar-refractivity contribution is -0.0189. The van der Waals surface area contributed by atoms with Crippen LogP contribution in [0, 0.1) is 18.7 Å². The Bertz CT molecular complexity index is 972. The second-order valence-electron chi connectivity index (χ2n) is 7.98. The predicted octanol–water partition coefficient (Wildman–Crippen LogP) is 2.54. The zero-order chi connectivity index (χ0) is 20.6. The summed E-state index contributed by atoms with van der Waals surface area (Å²) < 4.78 is 49.0. The Balaban J connectivity index is 1.59. The fourth-order valence-electron chi connectivity index (χ4n) is 4.22. The van der Waals surface area contributed by atoms with Crippen LogP contribution in [0.5, 0.6) is 0 Å². The number of imidazole rings is 1. The summed E-state index contributed by atoms with van der Waals surface area (Å²) in [5.74, 6) is -0.243. The third-order valence-electron chi connectivity index (χ3n) is 5.82. The van der Waals surface area contributed by atoms with Gasteiger partial charge in [-0.1, -0.05) is 0 Å². The lowest BCUT2D eigenvalue weighted by Gasteiger charge is -2.31. The summed E-state index contributed by atoms with van der Waals surface area (Å²) in [5.41, 5.74) is 1.34. The van der Waals surface area contributed by atoms with Gasteiger partial charge in [0.15, 0.2) is 5.03 Å². The quantitative estimate of drug-likeness (QED) is 0.801. The van der Waals surface area contributed by atoms with Gasteiger partial charge in [-0.25, -0.2) is 17.8 Å². The molecule has 9 heteroatoms. The zero-order valence-corrected chi connectivity index (χ0v) is 17.5. The number of aromatic nitrogens is 2. The fraction of sp³-hybridized carbons (Fsp3) is 0.550. The van der Waals surface area contributed by atoms with Gasteiger partial charge in [0.2, 0.25) is 0 Å². The van der Waals surface area contributed by atoms with Crippen LogP contribution in [0.1, 0.15) is 24.8 Å². The first-order valence-corrected chi connectivity index (χ1v) is 11.4. The second-order valence-corrected chi connectivity index (χ2v) is 9.87. The first-order chi connectivity index (χ1) is 13.8. The zero-order valence-electron chi connectivity index (χ0n) is 16.7. The molecule has 3 atom stereocenters. The van der Waals surface area contributed by atoms with Crippen LogP contribution in [0.25, 0.3) is 0 Å². The van der Waals surface area contributed by atoms with Crippen molar-refractivity contribution in [1.29, 1.82) is 0 Å². The van der Waals surface area contributed by atoms with Gasteiger partial charge in [0.25, 0.3) is 10.0 Å². The van der Waals surface area contributed by atoms with Crippen LogP contribution >= 0.6 is 0 Å². The van der Waals surface area contributed by atoms with E-state index < -0.39 is 10.0 Å². The predicted molar refractivity (Wildman–Crippen MR) is 108 cm³/mol. The molecule has 2 aliphatic rings. The van der Waals surface area contributed by atoms with Gasteiger partial charge in [-0.3, -0.25) is 0 Å². The summed E-state index contributed by atoms with van der Waals surface area (Å²) in [6.07, 6.45) is 6.05. The van der Waals surface area contributed by atoms with E-state index in [1.54, 1.807) is 30.7 Å². The monoisotopic (exact) mass is 422 g/mol. The van der Waals surface area contributed by atoms with Crippen LogP contribution in [0.4, 0.5) is 10.1 Å². The number of anilines is 1. The lowest BCUT2D eigenvalue weighted by atomic mass is 9.91. The molecule has 3 heterocycles. The highest BCUT2D eigenvalue weighted by Crippen LogP contribution is 2.33. The Labute approximate surface area is 170 Å². The smallest absolute Gasteiger partial charge is 0.262 e. The molecule has 1 aromatic carbocycles. The molecule has 0 saturated carbocycles. The third-order valence-corrected chi connectivity index (χ3v) is 7.54. The van der Waals surface area contributed by atoms with Crippen molar-refractivity contribution in [3.8, 4) is 0 Å². The minimum Gasteiger partial charge on any atom is -0.381 e. The molecule has 7 nitrogen and oxygen atoms in total. The standard InChI is InChI=1S/C20H27FN4O3S/c1-14-9-15(6-7-17(14)21)23-18-11-25(10-16(18)19-5-3-4-8-28-19)29(26,27)20-12-24(2)13-22-20/h6-7,9,12-13,16,18-19,23H,3-5,8,10-11H2,1-2H3. The molecule has 29 heavy (non-hydrogen) atoms. The lowest BCUT2D eigenvalue weighted by Crippen LogP contribution is -2.39. The molecule has 0 amide bonds. The molecule has 2 fully saturated rings. The number of benzene rings is 1. The van der Waals surface area contributed by atoms with Gasteiger partial charge >= 0.3 is 0 Å². The van der Waals surface area contributed by atoms with Gasteiger partial charge in [-0.05, 0) is 49.9 Å². The molecule has 0 bridgehead atoms. The van der Waals surface area contributed by atoms with E-state index in [1.807, 2.05) is 0 Å². The first kappa shape index (κ1) is 20.3. The Morgan fingerprint density at radius 2 is 2.10 bits per heavy atom. The molecule has 1 aromatic heterocycles. The van der Waals surface area contributed by atoms with Crippen LogP contribution in [0.2, 0.25) is 0 Å². The molecule has 4 rings (SSSR count). The van der Waals surface area contributed by atoms with Crippen molar-refractivity contribution in [2.75, 3.05) is 25.0 Å². The number of sulfonamides is 1. The van der Waals surface area contributed by atoms with Crippen molar-refractivity contribution in [3.63, 3.8) is 0 Å². The molecule has 1 N–H and O–H groups in total. The molecule has 0 radical (unpaired) electrons. The van der Waals surface area contributed by atoms with Crippen molar-refractivity contribution in [2.45, 2.75) is 43.4 Å². The van der Waals surface area contributed by atoms with Crippen LogP contribution in [0.15, 0.2) is 35.7 Å². The summed E-state index contributed by atoms with van der Waals surface area (Å²) in [4.78, 5) is 4.04. The molecule has 0 aliphatic carbocycles. The summed E-state index contributed by atoms with van der Waals surface area (Å²) in [5, 5.41) is 3.49. The van der Waals surface area contributed by atoms with Gasteiger partial charge in [-0.15, -0.1) is 0 Å². The van der Waals surface area contributed by atoms with Crippen molar-refractivity contribution in [3.05, 3.63) is 42.1 Å². The van der Waals surface area contributed by atoms with E-state index in [0.717, 1.165) is 24.9 Å².